The number of amides is 1. The molecule has 1 heterocycles. The summed E-state index contributed by atoms with van der Waals surface area (Å²) < 4.78 is 40.8. The minimum absolute atomic E-state index is 0.0636. The fraction of sp³-hybridized carbons (Fsp3) is 0.316. The van der Waals surface area contributed by atoms with Gasteiger partial charge in [0, 0.05) is 29.2 Å². The third-order valence-electron chi connectivity index (χ3n) is 4.64. The molecule has 1 amide bonds. The SMILES string of the molecule is O=C(Nc1ccc(F)c(Cl)c1)C1CCN(S(=O)(=O)Cc2cccc(Br)c2)CC1. The monoisotopic (exact) mass is 488 g/mol. The van der Waals surface area contributed by atoms with Crippen LogP contribution < -0.4 is 5.32 Å². The second-order valence-electron chi connectivity index (χ2n) is 6.68. The number of anilines is 1. The number of rotatable bonds is 5. The largest absolute Gasteiger partial charge is 0.326 e. The van der Waals surface area contributed by atoms with Crippen molar-refractivity contribution in [3.63, 3.8) is 0 Å². The van der Waals surface area contributed by atoms with Crippen LogP contribution in [0.15, 0.2) is 46.9 Å². The van der Waals surface area contributed by atoms with Crippen molar-refractivity contribution in [2.45, 2.75) is 18.6 Å². The number of carbonyl (C=O) groups is 1. The third kappa shape index (κ3) is 5.31. The molecule has 1 N–H and O–H groups in total. The fourth-order valence-corrected chi connectivity index (χ4v) is 5.32. The average molecular weight is 490 g/mol. The van der Waals surface area contributed by atoms with E-state index in [1.54, 1.807) is 18.2 Å². The quantitative estimate of drug-likeness (QED) is 0.676. The topological polar surface area (TPSA) is 66.5 Å². The Balaban J connectivity index is 1.57. The molecule has 1 fully saturated rings. The summed E-state index contributed by atoms with van der Waals surface area (Å²) in [6.45, 7) is 0.581. The van der Waals surface area contributed by atoms with E-state index in [1.807, 2.05) is 6.07 Å². The maximum Gasteiger partial charge on any atom is 0.227 e. The van der Waals surface area contributed by atoms with Gasteiger partial charge in [-0.05, 0) is 48.7 Å². The second-order valence-corrected chi connectivity index (χ2v) is 9.97. The highest BCUT2D eigenvalue weighted by molar-refractivity contribution is 9.10. The zero-order valence-corrected chi connectivity index (χ0v) is 18.0. The van der Waals surface area contributed by atoms with Gasteiger partial charge in [0.1, 0.15) is 5.82 Å². The number of carbonyl (C=O) groups excluding carboxylic acids is 1. The summed E-state index contributed by atoms with van der Waals surface area (Å²) in [6, 6.07) is 11.2. The van der Waals surface area contributed by atoms with Crippen molar-refractivity contribution in [1.82, 2.24) is 4.31 Å². The molecule has 1 aliphatic rings. The Kier molecular flexibility index (Phi) is 6.75. The first-order valence-corrected chi connectivity index (χ1v) is 11.5. The van der Waals surface area contributed by atoms with Gasteiger partial charge in [0.2, 0.25) is 15.9 Å². The highest BCUT2D eigenvalue weighted by Gasteiger charge is 2.31. The highest BCUT2D eigenvalue weighted by atomic mass is 79.9. The molecule has 5 nitrogen and oxygen atoms in total. The van der Waals surface area contributed by atoms with Gasteiger partial charge in [-0.15, -0.1) is 0 Å². The van der Waals surface area contributed by atoms with Crippen molar-refractivity contribution in [2.75, 3.05) is 18.4 Å². The third-order valence-corrected chi connectivity index (χ3v) is 7.28. The second kappa shape index (κ2) is 8.90. The first-order valence-electron chi connectivity index (χ1n) is 8.73. The van der Waals surface area contributed by atoms with Crippen LogP contribution in [0, 0.1) is 11.7 Å². The van der Waals surface area contributed by atoms with E-state index in [0.717, 1.165) is 4.47 Å². The molecule has 0 atom stereocenters. The number of hydrogen-bond donors (Lipinski definition) is 1. The molecule has 3 rings (SSSR count). The van der Waals surface area contributed by atoms with Gasteiger partial charge in [-0.1, -0.05) is 39.7 Å². The lowest BCUT2D eigenvalue weighted by Gasteiger charge is -2.30. The number of halogens is 3. The van der Waals surface area contributed by atoms with Crippen molar-refractivity contribution in [3.05, 3.63) is 63.3 Å². The van der Waals surface area contributed by atoms with E-state index in [4.69, 9.17) is 11.6 Å². The molecule has 0 spiro atoms. The Morgan fingerprint density at radius 2 is 1.93 bits per heavy atom. The molecule has 1 aliphatic heterocycles. The molecule has 0 bridgehead atoms. The Hall–Kier alpha value is -1.48. The molecular weight excluding hydrogens is 471 g/mol. The molecule has 150 valence electrons. The normalized spacial score (nSPS) is 16.1. The number of nitrogens with one attached hydrogen (secondary N) is 1. The van der Waals surface area contributed by atoms with Gasteiger partial charge < -0.3 is 5.32 Å². The Labute approximate surface area is 177 Å². The summed E-state index contributed by atoms with van der Waals surface area (Å²) in [7, 11) is -3.45. The van der Waals surface area contributed by atoms with Crippen molar-refractivity contribution < 1.29 is 17.6 Å². The van der Waals surface area contributed by atoms with Crippen LogP contribution in [0.2, 0.25) is 5.02 Å². The van der Waals surface area contributed by atoms with Crippen molar-refractivity contribution in [3.8, 4) is 0 Å². The maximum absolute atomic E-state index is 13.2. The number of hydrogen-bond acceptors (Lipinski definition) is 3. The van der Waals surface area contributed by atoms with Crippen LogP contribution in [0.1, 0.15) is 18.4 Å². The van der Waals surface area contributed by atoms with Crippen LogP contribution in [-0.2, 0) is 20.6 Å². The minimum Gasteiger partial charge on any atom is -0.326 e. The predicted octanol–water partition coefficient (Wildman–Crippen LogP) is 4.42. The van der Waals surface area contributed by atoms with E-state index in [9.17, 15) is 17.6 Å². The molecule has 0 unspecified atom stereocenters. The van der Waals surface area contributed by atoms with E-state index < -0.39 is 15.8 Å². The molecule has 28 heavy (non-hydrogen) atoms. The smallest absolute Gasteiger partial charge is 0.227 e. The van der Waals surface area contributed by atoms with Crippen LogP contribution in [0.25, 0.3) is 0 Å². The molecule has 0 radical (unpaired) electrons. The van der Waals surface area contributed by atoms with Crippen LogP contribution in [0.5, 0.6) is 0 Å². The molecule has 0 aromatic heterocycles. The van der Waals surface area contributed by atoms with Gasteiger partial charge in [0.25, 0.3) is 0 Å². The highest BCUT2D eigenvalue weighted by Crippen LogP contribution is 2.25. The van der Waals surface area contributed by atoms with Gasteiger partial charge in [-0.3, -0.25) is 4.79 Å². The van der Waals surface area contributed by atoms with Crippen LogP contribution >= 0.6 is 27.5 Å². The van der Waals surface area contributed by atoms with Gasteiger partial charge in [-0.2, -0.15) is 0 Å². The summed E-state index contributed by atoms with van der Waals surface area (Å²) >= 11 is 9.07. The van der Waals surface area contributed by atoms with Gasteiger partial charge in [0.15, 0.2) is 0 Å². The number of nitrogens with zero attached hydrogens (tertiary/aromatic N) is 1. The van der Waals surface area contributed by atoms with E-state index in [-0.39, 0.29) is 22.6 Å². The standard InChI is InChI=1S/C19H19BrClFN2O3S/c20-15-3-1-2-13(10-15)12-28(26,27)24-8-6-14(7-9-24)19(25)23-16-4-5-18(22)17(21)11-16/h1-5,10-11,14H,6-9,12H2,(H,23,25). The maximum atomic E-state index is 13.2. The summed E-state index contributed by atoms with van der Waals surface area (Å²) in [5.41, 5.74) is 1.13. The summed E-state index contributed by atoms with van der Waals surface area (Å²) in [5.74, 6) is -1.14. The number of sulfonamides is 1. The zero-order valence-electron chi connectivity index (χ0n) is 14.9. The molecule has 0 aliphatic carbocycles. The Bertz CT molecular complexity index is 979. The molecule has 2 aromatic carbocycles. The van der Waals surface area contributed by atoms with E-state index in [2.05, 4.69) is 21.2 Å². The molecule has 0 saturated carbocycles. The van der Waals surface area contributed by atoms with E-state index in [1.165, 1.54) is 22.5 Å². The summed E-state index contributed by atoms with van der Waals surface area (Å²) in [5, 5.41) is 2.65. The van der Waals surface area contributed by atoms with Crippen LogP contribution in [-0.4, -0.2) is 31.7 Å². The lowest BCUT2D eigenvalue weighted by molar-refractivity contribution is -0.120. The van der Waals surface area contributed by atoms with Crippen molar-refractivity contribution in [1.29, 1.82) is 0 Å². The zero-order chi connectivity index (χ0) is 20.3. The minimum atomic E-state index is -3.45. The lowest BCUT2D eigenvalue weighted by Crippen LogP contribution is -2.41. The molecule has 9 heteroatoms. The number of piperidine rings is 1. The first kappa shape index (κ1) is 21.2. The van der Waals surface area contributed by atoms with Gasteiger partial charge in [0.05, 0.1) is 10.8 Å². The molecule has 2 aromatic rings. The van der Waals surface area contributed by atoms with Crippen LogP contribution in [0.3, 0.4) is 0 Å². The first-order chi connectivity index (χ1) is 13.2. The Morgan fingerprint density at radius 1 is 1.21 bits per heavy atom. The lowest BCUT2D eigenvalue weighted by atomic mass is 9.97. The predicted molar refractivity (Wildman–Crippen MR) is 111 cm³/mol. The molecule has 1 saturated heterocycles. The summed E-state index contributed by atoms with van der Waals surface area (Å²) in [6.07, 6.45) is 0.858. The Morgan fingerprint density at radius 3 is 2.57 bits per heavy atom. The van der Waals surface area contributed by atoms with Gasteiger partial charge >= 0.3 is 0 Å². The molecular formula is C19H19BrClFN2O3S. The number of benzene rings is 2. The van der Waals surface area contributed by atoms with Crippen molar-refractivity contribution >= 4 is 49.1 Å². The average Bonchev–Trinajstić information content (AvgIpc) is 2.64. The van der Waals surface area contributed by atoms with E-state index in [0.29, 0.717) is 37.2 Å². The van der Waals surface area contributed by atoms with Crippen LogP contribution in [0.4, 0.5) is 10.1 Å². The fourth-order valence-electron chi connectivity index (χ4n) is 3.14. The summed E-state index contributed by atoms with van der Waals surface area (Å²) in [4.78, 5) is 12.4. The van der Waals surface area contributed by atoms with Gasteiger partial charge in [-0.25, -0.2) is 17.1 Å². The van der Waals surface area contributed by atoms with Crippen molar-refractivity contribution in [2.24, 2.45) is 5.92 Å². The van der Waals surface area contributed by atoms with E-state index >= 15 is 0 Å².